The van der Waals surface area contributed by atoms with E-state index in [0.717, 1.165) is 25.7 Å². The molecule has 0 saturated heterocycles. The Bertz CT molecular complexity index is 1200. The Kier molecular flexibility index (Phi) is 8.05. The zero-order valence-electron chi connectivity index (χ0n) is 20.4. The lowest BCUT2D eigenvalue weighted by atomic mass is 10.0. The van der Waals surface area contributed by atoms with Crippen LogP contribution >= 0.6 is 0 Å². The third kappa shape index (κ3) is 5.59. The molecule has 1 fully saturated rings. The molecule has 0 aliphatic heterocycles. The maximum Gasteiger partial charge on any atom is 0.338 e. The third-order valence-electron chi connectivity index (χ3n) is 6.20. The molecular weight excluding hydrogens is 460 g/mol. The zero-order valence-corrected chi connectivity index (χ0v) is 20.4. The monoisotopic (exact) mass is 490 g/mol. The molecule has 2 aromatic carbocycles. The number of amides is 2. The predicted molar refractivity (Wildman–Crippen MR) is 134 cm³/mol. The molecule has 0 unspecified atom stereocenters. The highest BCUT2D eigenvalue weighted by molar-refractivity contribution is 6.09. The Labute approximate surface area is 210 Å². The second kappa shape index (κ2) is 11.6. The lowest BCUT2D eigenvalue weighted by molar-refractivity contribution is -0.123. The fourth-order valence-electron chi connectivity index (χ4n) is 4.48. The van der Waals surface area contributed by atoms with Crippen LogP contribution in [0.2, 0.25) is 0 Å². The second-order valence-corrected chi connectivity index (χ2v) is 8.59. The lowest BCUT2D eigenvalue weighted by Crippen LogP contribution is -2.46. The van der Waals surface area contributed by atoms with Gasteiger partial charge in [-0.3, -0.25) is 14.5 Å². The van der Waals surface area contributed by atoms with Crippen molar-refractivity contribution in [3.05, 3.63) is 83.8 Å². The molecule has 4 rings (SSSR count). The highest BCUT2D eigenvalue weighted by Gasteiger charge is 2.36. The minimum atomic E-state index is -1.05. The predicted octanol–water partition coefficient (Wildman–Crippen LogP) is 4.91. The first-order valence-corrected chi connectivity index (χ1v) is 12.1. The van der Waals surface area contributed by atoms with E-state index in [1.807, 2.05) is 0 Å². The number of benzene rings is 2. The molecule has 1 aliphatic rings. The molecule has 0 spiro atoms. The van der Waals surface area contributed by atoms with Crippen molar-refractivity contribution in [1.29, 1.82) is 0 Å². The standard InChI is InChI=1S/C28H30N2O6/c1-3-35-28(33)20-10-6-13-22(17-20)30(27(32)24-15-8-16-36-24)25(19-9-7-14-23(18-19)34-2)26(31)29-21-11-4-5-12-21/h6-10,13-18,21,25H,3-5,11-12H2,1-2H3,(H,29,31)/t25-/m0/s1. The van der Waals surface area contributed by atoms with Crippen LogP contribution in [-0.2, 0) is 9.53 Å². The quantitative estimate of drug-likeness (QED) is 0.428. The summed E-state index contributed by atoms with van der Waals surface area (Å²) in [6, 6.07) is 15.7. The van der Waals surface area contributed by atoms with E-state index in [9.17, 15) is 14.4 Å². The molecule has 0 radical (unpaired) electrons. The van der Waals surface area contributed by atoms with Gasteiger partial charge in [-0.25, -0.2) is 4.79 Å². The summed E-state index contributed by atoms with van der Waals surface area (Å²) in [5, 5.41) is 3.13. The number of ether oxygens (including phenoxy) is 2. The Morgan fingerprint density at radius 2 is 1.83 bits per heavy atom. The van der Waals surface area contributed by atoms with Gasteiger partial charge in [0.15, 0.2) is 5.76 Å². The summed E-state index contributed by atoms with van der Waals surface area (Å²) in [4.78, 5) is 41.5. The van der Waals surface area contributed by atoms with E-state index in [1.165, 1.54) is 11.2 Å². The van der Waals surface area contributed by atoms with Gasteiger partial charge in [0.2, 0.25) is 5.91 Å². The van der Waals surface area contributed by atoms with E-state index < -0.39 is 17.9 Å². The van der Waals surface area contributed by atoms with Gasteiger partial charge in [-0.2, -0.15) is 0 Å². The van der Waals surface area contributed by atoms with E-state index >= 15 is 0 Å². The SMILES string of the molecule is CCOC(=O)c1cccc(N(C(=O)c2ccco2)[C@H](C(=O)NC2CCCC2)c2cccc(OC)c2)c1. The topological polar surface area (TPSA) is 98.1 Å². The van der Waals surface area contributed by atoms with Crippen LogP contribution in [0, 0.1) is 0 Å². The van der Waals surface area contributed by atoms with Crippen molar-refractivity contribution < 1.29 is 28.3 Å². The Morgan fingerprint density at radius 3 is 2.53 bits per heavy atom. The van der Waals surface area contributed by atoms with Crippen LogP contribution in [0.1, 0.15) is 65.1 Å². The molecule has 1 aliphatic carbocycles. The lowest BCUT2D eigenvalue weighted by Gasteiger charge is -2.32. The van der Waals surface area contributed by atoms with Gasteiger partial charge in [-0.15, -0.1) is 0 Å². The Balaban J connectivity index is 1.84. The Morgan fingerprint density at radius 1 is 1.06 bits per heavy atom. The molecular formula is C28H30N2O6. The summed E-state index contributed by atoms with van der Waals surface area (Å²) in [6.45, 7) is 1.94. The van der Waals surface area contributed by atoms with Crippen LogP contribution in [0.4, 0.5) is 5.69 Å². The largest absolute Gasteiger partial charge is 0.497 e. The van der Waals surface area contributed by atoms with E-state index in [-0.39, 0.29) is 29.9 Å². The number of rotatable bonds is 9. The molecule has 1 N–H and O–H groups in total. The van der Waals surface area contributed by atoms with Gasteiger partial charge in [-0.05, 0) is 67.8 Å². The minimum absolute atomic E-state index is 0.0389. The van der Waals surface area contributed by atoms with Crippen molar-refractivity contribution in [2.75, 3.05) is 18.6 Å². The molecule has 1 atom stereocenters. The summed E-state index contributed by atoms with van der Waals surface area (Å²) >= 11 is 0. The van der Waals surface area contributed by atoms with Crippen molar-refractivity contribution >= 4 is 23.5 Å². The van der Waals surface area contributed by atoms with Gasteiger partial charge >= 0.3 is 5.97 Å². The number of esters is 1. The van der Waals surface area contributed by atoms with Crippen molar-refractivity contribution in [2.24, 2.45) is 0 Å². The molecule has 1 heterocycles. The molecule has 36 heavy (non-hydrogen) atoms. The van der Waals surface area contributed by atoms with E-state index in [1.54, 1.807) is 74.7 Å². The highest BCUT2D eigenvalue weighted by Crippen LogP contribution is 2.33. The molecule has 188 valence electrons. The number of hydrogen-bond acceptors (Lipinski definition) is 6. The highest BCUT2D eigenvalue weighted by atomic mass is 16.5. The van der Waals surface area contributed by atoms with E-state index in [2.05, 4.69) is 5.32 Å². The summed E-state index contributed by atoms with van der Waals surface area (Å²) < 4.78 is 16.0. The third-order valence-corrected chi connectivity index (χ3v) is 6.20. The molecule has 1 aromatic heterocycles. The zero-order chi connectivity index (χ0) is 25.5. The van der Waals surface area contributed by atoms with Crippen LogP contribution in [0.15, 0.2) is 71.3 Å². The van der Waals surface area contributed by atoms with Gasteiger partial charge < -0.3 is 19.2 Å². The maximum atomic E-state index is 13.8. The summed E-state index contributed by atoms with van der Waals surface area (Å²) in [6.07, 6.45) is 5.28. The Hall–Kier alpha value is -4.07. The number of carbonyl (C=O) groups excluding carboxylic acids is 3. The molecule has 1 saturated carbocycles. The van der Waals surface area contributed by atoms with Crippen LogP contribution in [0.25, 0.3) is 0 Å². The summed E-state index contributed by atoms with van der Waals surface area (Å²) in [7, 11) is 1.54. The van der Waals surface area contributed by atoms with Crippen LogP contribution < -0.4 is 15.0 Å². The van der Waals surface area contributed by atoms with Gasteiger partial charge in [0.05, 0.1) is 25.5 Å². The number of carbonyl (C=O) groups is 3. The molecule has 8 heteroatoms. The summed E-state index contributed by atoms with van der Waals surface area (Å²) in [5.74, 6) is -0.736. The van der Waals surface area contributed by atoms with Crippen LogP contribution in [0.5, 0.6) is 5.75 Å². The maximum absolute atomic E-state index is 13.8. The average Bonchev–Trinajstić information content (AvgIpc) is 3.62. The number of nitrogens with one attached hydrogen (secondary N) is 1. The van der Waals surface area contributed by atoms with Crippen molar-refractivity contribution in [3.63, 3.8) is 0 Å². The first-order chi connectivity index (χ1) is 17.5. The van der Waals surface area contributed by atoms with Gasteiger partial charge in [-0.1, -0.05) is 31.0 Å². The second-order valence-electron chi connectivity index (χ2n) is 8.59. The number of furan rings is 1. The van der Waals surface area contributed by atoms with Crippen molar-refractivity contribution in [2.45, 2.75) is 44.7 Å². The first kappa shape index (κ1) is 25.0. The van der Waals surface area contributed by atoms with E-state index in [4.69, 9.17) is 13.9 Å². The first-order valence-electron chi connectivity index (χ1n) is 12.1. The normalized spacial score (nSPS) is 14.2. The van der Waals surface area contributed by atoms with Gasteiger partial charge in [0.1, 0.15) is 11.8 Å². The van der Waals surface area contributed by atoms with Crippen molar-refractivity contribution in [3.8, 4) is 5.75 Å². The van der Waals surface area contributed by atoms with Crippen LogP contribution in [0.3, 0.4) is 0 Å². The molecule has 8 nitrogen and oxygen atoms in total. The minimum Gasteiger partial charge on any atom is -0.497 e. The molecule has 0 bridgehead atoms. The molecule has 3 aromatic rings. The van der Waals surface area contributed by atoms with E-state index in [0.29, 0.717) is 17.0 Å². The average molecular weight is 491 g/mol. The van der Waals surface area contributed by atoms with Crippen molar-refractivity contribution in [1.82, 2.24) is 5.32 Å². The number of hydrogen-bond donors (Lipinski definition) is 1. The van der Waals surface area contributed by atoms with Crippen LogP contribution in [-0.4, -0.2) is 37.5 Å². The molecule has 2 amide bonds. The number of methoxy groups -OCH3 is 1. The summed E-state index contributed by atoms with van der Waals surface area (Å²) in [5.41, 5.74) is 1.19. The smallest absolute Gasteiger partial charge is 0.338 e. The van der Waals surface area contributed by atoms with Gasteiger partial charge in [0.25, 0.3) is 5.91 Å². The van der Waals surface area contributed by atoms with Gasteiger partial charge in [0, 0.05) is 11.7 Å². The number of nitrogens with zero attached hydrogens (tertiary/aromatic N) is 1. The fourth-order valence-corrected chi connectivity index (χ4v) is 4.48. The fraction of sp³-hybridized carbons (Fsp3) is 0.321. The number of anilines is 1.